The quantitative estimate of drug-likeness (QED) is 0.711. The molecule has 1 aromatic carbocycles. The lowest BCUT2D eigenvalue weighted by Crippen LogP contribution is -2.57. The van der Waals surface area contributed by atoms with Crippen LogP contribution in [-0.2, 0) is 16.1 Å². The lowest BCUT2D eigenvalue weighted by Gasteiger charge is -2.61. The minimum absolute atomic E-state index is 0.0439. The van der Waals surface area contributed by atoms with Crippen molar-refractivity contribution >= 4 is 32.8 Å². The van der Waals surface area contributed by atoms with Crippen LogP contribution in [0.2, 0.25) is 0 Å². The van der Waals surface area contributed by atoms with Crippen molar-refractivity contribution in [3.8, 4) is 0 Å². The van der Waals surface area contributed by atoms with Gasteiger partial charge in [0.25, 0.3) is 5.56 Å². The van der Waals surface area contributed by atoms with E-state index in [4.69, 9.17) is 4.74 Å². The van der Waals surface area contributed by atoms with Gasteiger partial charge in [-0.05, 0) is 54.2 Å². The van der Waals surface area contributed by atoms with Crippen molar-refractivity contribution in [1.29, 1.82) is 0 Å². The minimum atomic E-state index is -0.362. The average Bonchev–Trinajstić information content (AvgIpc) is 2.59. The van der Waals surface area contributed by atoms with Crippen LogP contribution in [-0.4, -0.2) is 21.6 Å². The highest BCUT2D eigenvalue weighted by Crippen LogP contribution is 2.61. The molecule has 0 saturated heterocycles. The number of esters is 1. The Morgan fingerprint density at radius 1 is 1.38 bits per heavy atom. The zero-order valence-corrected chi connectivity index (χ0v) is 16.8. The fourth-order valence-electron chi connectivity index (χ4n) is 4.85. The Balaban J connectivity index is 1.48. The van der Waals surface area contributed by atoms with Gasteiger partial charge in [-0.25, -0.2) is 4.98 Å². The average molecular weight is 419 g/mol. The molecule has 0 aliphatic heterocycles. The molecule has 5 nitrogen and oxygen atoms in total. The maximum Gasteiger partial charge on any atom is 0.326 e. The van der Waals surface area contributed by atoms with E-state index in [2.05, 4.69) is 41.7 Å². The number of carbonyl (C=O) groups excluding carboxylic acids is 1. The van der Waals surface area contributed by atoms with E-state index in [1.807, 2.05) is 6.07 Å². The number of hydrogen-bond donors (Lipinski definition) is 0. The van der Waals surface area contributed by atoms with Crippen LogP contribution in [0, 0.1) is 23.2 Å². The molecule has 0 spiro atoms. The predicted octanol–water partition coefficient (Wildman–Crippen LogP) is 3.77. The van der Waals surface area contributed by atoms with Crippen LogP contribution in [0.4, 0.5) is 0 Å². The van der Waals surface area contributed by atoms with E-state index >= 15 is 0 Å². The Bertz CT molecular complexity index is 936. The Labute approximate surface area is 160 Å². The first-order valence-corrected chi connectivity index (χ1v) is 9.91. The van der Waals surface area contributed by atoms with Gasteiger partial charge >= 0.3 is 5.97 Å². The zero-order valence-electron chi connectivity index (χ0n) is 15.2. The normalized spacial score (nSPS) is 29.2. The summed E-state index contributed by atoms with van der Waals surface area (Å²) in [5.41, 5.74) is 0.745. The van der Waals surface area contributed by atoms with Crippen molar-refractivity contribution in [2.75, 3.05) is 0 Å². The van der Waals surface area contributed by atoms with Crippen molar-refractivity contribution in [2.24, 2.45) is 23.2 Å². The maximum absolute atomic E-state index is 12.6. The monoisotopic (exact) mass is 418 g/mol. The fraction of sp³-hybridized carbons (Fsp3) is 0.550. The maximum atomic E-state index is 12.6. The van der Waals surface area contributed by atoms with Gasteiger partial charge in [-0.3, -0.25) is 14.2 Å². The third-order valence-corrected chi connectivity index (χ3v) is 7.15. The van der Waals surface area contributed by atoms with Crippen molar-refractivity contribution in [2.45, 2.75) is 46.3 Å². The number of ether oxygens (including phenoxy) is 1. The van der Waals surface area contributed by atoms with Crippen LogP contribution in [0.1, 0.15) is 33.6 Å². The van der Waals surface area contributed by atoms with Gasteiger partial charge in [-0.15, -0.1) is 0 Å². The van der Waals surface area contributed by atoms with Gasteiger partial charge < -0.3 is 4.74 Å². The summed E-state index contributed by atoms with van der Waals surface area (Å²) in [4.78, 5) is 29.3. The van der Waals surface area contributed by atoms with Gasteiger partial charge in [0.2, 0.25) is 0 Å². The van der Waals surface area contributed by atoms with Crippen molar-refractivity contribution < 1.29 is 9.53 Å². The second-order valence-electron chi connectivity index (χ2n) is 8.32. The molecule has 0 N–H and O–H groups in total. The van der Waals surface area contributed by atoms with Crippen molar-refractivity contribution in [3.05, 3.63) is 39.4 Å². The molecule has 1 aromatic heterocycles. The summed E-state index contributed by atoms with van der Waals surface area (Å²) in [6.07, 6.45) is 3.54. The van der Waals surface area contributed by atoms with Crippen LogP contribution in [0.15, 0.2) is 33.8 Å². The van der Waals surface area contributed by atoms with Gasteiger partial charge in [-0.1, -0.05) is 36.7 Å². The largest absolute Gasteiger partial charge is 0.461 e. The van der Waals surface area contributed by atoms with Gasteiger partial charge in [0.15, 0.2) is 0 Å². The van der Waals surface area contributed by atoms with E-state index in [-0.39, 0.29) is 24.2 Å². The van der Waals surface area contributed by atoms with Gasteiger partial charge in [0, 0.05) is 4.47 Å². The standard InChI is InChI=1S/C20H23BrN2O3/c1-11-15-6-12(20(15,2)3)7-17(11)26-18(24)9-23-10-22-16-5-4-13(21)8-14(16)19(23)25/h4-5,8,10-12,15,17H,6-7,9H2,1-3H3/t11-,12+,15+,17+/m0/s1. The fourth-order valence-corrected chi connectivity index (χ4v) is 5.21. The number of fused-ring (bicyclic) bond motifs is 3. The van der Waals surface area contributed by atoms with Crippen molar-refractivity contribution in [3.63, 3.8) is 0 Å². The summed E-state index contributed by atoms with van der Waals surface area (Å²) in [6.45, 7) is 6.72. The molecule has 0 amide bonds. The number of halogens is 1. The molecule has 2 aromatic rings. The number of aromatic nitrogens is 2. The third kappa shape index (κ3) is 2.79. The number of rotatable bonds is 3. The zero-order chi connectivity index (χ0) is 18.6. The van der Waals surface area contributed by atoms with Gasteiger partial charge in [0.1, 0.15) is 12.6 Å². The molecular formula is C20H23BrN2O3. The van der Waals surface area contributed by atoms with Gasteiger partial charge in [-0.2, -0.15) is 0 Å². The Kier molecular flexibility index (Phi) is 4.21. The first kappa shape index (κ1) is 17.7. The topological polar surface area (TPSA) is 61.2 Å². The van der Waals surface area contributed by atoms with Crippen LogP contribution in [0.3, 0.4) is 0 Å². The van der Waals surface area contributed by atoms with E-state index in [9.17, 15) is 9.59 Å². The summed E-state index contributed by atoms with van der Waals surface area (Å²) in [5.74, 6) is 1.24. The number of benzene rings is 1. The molecule has 3 aliphatic rings. The second kappa shape index (κ2) is 6.19. The van der Waals surface area contributed by atoms with Gasteiger partial charge in [0.05, 0.1) is 17.2 Å². The van der Waals surface area contributed by atoms with Crippen LogP contribution in [0.25, 0.3) is 10.9 Å². The molecule has 138 valence electrons. The first-order chi connectivity index (χ1) is 12.3. The summed E-state index contributed by atoms with van der Waals surface area (Å²) in [6, 6.07) is 5.34. The Hall–Kier alpha value is -1.69. The SMILES string of the molecule is C[C@H]1[C@H]2C[C@H](C[C@H]1OC(=O)Cn1cnc3ccc(Br)cc3c1=O)C2(C)C. The molecule has 6 heteroatoms. The lowest BCUT2D eigenvalue weighted by atomic mass is 9.45. The highest BCUT2D eigenvalue weighted by molar-refractivity contribution is 9.10. The molecule has 0 radical (unpaired) electrons. The van der Waals surface area contributed by atoms with E-state index in [0.29, 0.717) is 34.1 Å². The highest BCUT2D eigenvalue weighted by atomic mass is 79.9. The van der Waals surface area contributed by atoms with E-state index in [1.54, 1.807) is 12.1 Å². The summed E-state index contributed by atoms with van der Waals surface area (Å²) in [5, 5.41) is 0.490. The van der Waals surface area contributed by atoms with E-state index < -0.39 is 0 Å². The van der Waals surface area contributed by atoms with Crippen molar-refractivity contribution in [1.82, 2.24) is 9.55 Å². The van der Waals surface area contributed by atoms with Crippen LogP contribution in [0.5, 0.6) is 0 Å². The van der Waals surface area contributed by atoms with Crippen LogP contribution >= 0.6 is 15.9 Å². The molecule has 26 heavy (non-hydrogen) atoms. The Morgan fingerprint density at radius 2 is 2.15 bits per heavy atom. The minimum Gasteiger partial charge on any atom is -0.461 e. The molecule has 5 rings (SSSR count). The molecule has 0 unspecified atom stereocenters. The third-order valence-electron chi connectivity index (χ3n) is 6.65. The van der Waals surface area contributed by atoms with E-state index in [1.165, 1.54) is 17.3 Å². The highest BCUT2D eigenvalue weighted by Gasteiger charge is 2.57. The molecule has 3 fully saturated rings. The molecule has 1 heterocycles. The molecule has 3 aliphatic carbocycles. The first-order valence-electron chi connectivity index (χ1n) is 9.11. The lowest BCUT2D eigenvalue weighted by molar-refractivity contribution is -0.186. The van der Waals surface area contributed by atoms with E-state index in [0.717, 1.165) is 10.9 Å². The van der Waals surface area contributed by atoms with Crippen LogP contribution < -0.4 is 5.56 Å². The molecular weight excluding hydrogens is 396 g/mol. The number of hydrogen-bond acceptors (Lipinski definition) is 4. The summed E-state index contributed by atoms with van der Waals surface area (Å²) in [7, 11) is 0. The number of nitrogens with zero attached hydrogens (tertiary/aromatic N) is 2. The summed E-state index contributed by atoms with van der Waals surface area (Å²) < 4.78 is 7.89. The summed E-state index contributed by atoms with van der Waals surface area (Å²) >= 11 is 3.37. The predicted molar refractivity (Wildman–Crippen MR) is 103 cm³/mol. The smallest absolute Gasteiger partial charge is 0.326 e. The Morgan fingerprint density at radius 3 is 2.85 bits per heavy atom. The second-order valence-corrected chi connectivity index (χ2v) is 9.24. The molecule has 3 saturated carbocycles. The molecule has 2 bridgehead atoms. The number of carbonyl (C=O) groups is 1. The molecule has 4 atom stereocenters.